The number of carbonyl (C=O) groups is 2. The number of esters is 1. The fraction of sp³-hybridized carbons (Fsp3) is 0.429. The van der Waals surface area contributed by atoms with Crippen LogP contribution >= 0.6 is 0 Å². The molecule has 1 heterocycles. The lowest BCUT2D eigenvalue weighted by molar-refractivity contribution is -0.118. The summed E-state index contributed by atoms with van der Waals surface area (Å²) in [6.45, 7) is 1.85. The van der Waals surface area contributed by atoms with E-state index < -0.39 is 11.9 Å². The summed E-state index contributed by atoms with van der Waals surface area (Å²) in [4.78, 5) is 21.6. The molecule has 1 amide bonds. The van der Waals surface area contributed by atoms with Gasteiger partial charge in [-0.1, -0.05) is 5.21 Å². The highest BCUT2D eigenvalue weighted by Gasteiger charge is 2.11. The average Bonchev–Trinajstić information content (AvgIpc) is 2.52. The van der Waals surface area contributed by atoms with Gasteiger partial charge in [-0.25, -0.2) is 9.48 Å². The Kier molecular flexibility index (Phi) is 3.16. The van der Waals surface area contributed by atoms with Crippen LogP contribution in [0.5, 0.6) is 0 Å². The van der Waals surface area contributed by atoms with E-state index in [2.05, 4.69) is 15.0 Å². The van der Waals surface area contributed by atoms with E-state index in [9.17, 15) is 9.59 Å². The van der Waals surface area contributed by atoms with Crippen LogP contribution in [-0.4, -0.2) is 33.5 Å². The monoisotopic (exact) mass is 198 g/mol. The van der Waals surface area contributed by atoms with Crippen LogP contribution < -0.4 is 5.73 Å². The predicted molar refractivity (Wildman–Crippen MR) is 45.2 cm³/mol. The topological polar surface area (TPSA) is 100 Å². The normalized spacial score (nSPS) is 9.79. The van der Waals surface area contributed by atoms with Crippen LogP contribution in [-0.2, 0) is 16.1 Å². The number of primary amides is 1. The Bertz CT molecular complexity index is 346. The minimum Gasteiger partial charge on any atom is -0.461 e. The highest BCUT2D eigenvalue weighted by molar-refractivity contribution is 5.86. The van der Waals surface area contributed by atoms with Crippen LogP contribution in [0.15, 0.2) is 6.20 Å². The molecule has 0 saturated heterocycles. The van der Waals surface area contributed by atoms with Crippen LogP contribution in [0.25, 0.3) is 0 Å². The van der Waals surface area contributed by atoms with Crippen molar-refractivity contribution in [3.63, 3.8) is 0 Å². The number of hydrogen-bond acceptors (Lipinski definition) is 5. The molecule has 0 aliphatic rings. The second-order valence-corrected chi connectivity index (χ2v) is 2.49. The van der Waals surface area contributed by atoms with Gasteiger partial charge >= 0.3 is 5.97 Å². The van der Waals surface area contributed by atoms with Crippen LogP contribution in [0, 0.1) is 0 Å². The van der Waals surface area contributed by atoms with Crippen molar-refractivity contribution in [2.45, 2.75) is 13.5 Å². The SMILES string of the molecule is CCOC(=O)c1cn(CC(N)=O)nn1. The maximum Gasteiger partial charge on any atom is 0.360 e. The van der Waals surface area contributed by atoms with Gasteiger partial charge in [0.25, 0.3) is 0 Å². The molecule has 0 bridgehead atoms. The Morgan fingerprint density at radius 1 is 1.64 bits per heavy atom. The number of carbonyl (C=O) groups excluding carboxylic acids is 2. The van der Waals surface area contributed by atoms with E-state index in [-0.39, 0.29) is 18.8 Å². The maximum atomic E-state index is 11.1. The first kappa shape index (κ1) is 10.2. The molecular weight excluding hydrogens is 188 g/mol. The predicted octanol–water partition coefficient (Wildman–Crippen LogP) is -1.06. The van der Waals surface area contributed by atoms with Crippen LogP contribution in [0.2, 0.25) is 0 Å². The molecule has 0 saturated carbocycles. The lowest BCUT2D eigenvalue weighted by Crippen LogP contribution is -2.18. The Morgan fingerprint density at radius 2 is 2.36 bits per heavy atom. The van der Waals surface area contributed by atoms with E-state index in [1.165, 1.54) is 10.9 Å². The largest absolute Gasteiger partial charge is 0.461 e. The molecule has 14 heavy (non-hydrogen) atoms. The van der Waals surface area contributed by atoms with Gasteiger partial charge in [-0.05, 0) is 6.92 Å². The second kappa shape index (κ2) is 4.35. The minimum absolute atomic E-state index is 0.0631. The van der Waals surface area contributed by atoms with Gasteiger partial charge in [0, 0.05) is 0 Å². The molecule has 0 spiro atoms. The Hall–Kier alpha value is -1.92. The first-order valence-electron chi connectivity index (χ1n) is 3.99. The molecule has 0 atom stereocenters. The molecule has 7 heteroatoms. The van der Waals surface area contributed by atoms with Gasteiger partial charge in [0.2, 0.25) is 5.91 Å². The summed E-state index contributed by atoms with van der Waals surface area (Å²) in [6.07, 6.45) is 1.31. The van der Waals surface area contributed by atoms with Crippen molar-refractivity contribution in [3.05, 3.63) is 11.9 Å². The molecule has 76 valence electrons. The summed E-state index contributed by atoms with van der Waals surface area (Å²) in [7, 11) is 0. The Balaban J connectivity index is 2.67. The number of nitrogens with zero attached hydrogens (tertiary/aromatic N) is 3. The van der Waals surface area contributed by atoms with Gasteiger partial charge in [0.15, 0.2) is 5.69 Å². The van der Waals surface area contributed by atoms with Gasteiger partial charge in [0.1, 0.15) is 6.54 Å². The van der Waals surface area contributed by atoms with Gasteiger partial charge < -0.3 is 10.5 Å². The van der Waals surface area contributed by atoms with Gasteiger partial charge in [-0.3, -0.25) is 4.79 Å². The number of rotatable bonds is 4. The van der Waals surface area contributed by atoms with Crippen molar-refractivity contribution in [1.29, 1.82) is 0 Å². The summed E-state index contributed by atoms with van der Waals surface area (Å²) in [5.74, 6) is -1.12. The molecule has 0 unspecified atom stereocenters. The zero-order chi connectivity index (χ0) is 10.6. The molecule has 1 rings (SSSR count). The third-order valence-corrected chi connectivity index (χ3v) is 1.34. The first-order chi connectivity index (χ1) is 6.63. The number of hydrogen-bond donors (Lipinski definition) is 1. The van der Waals surface area contributed by atoms with Gasteiger partial charge in [0.05, 0.1) is 12.8 Å². The van der Waals surface area contributed by atoms with Gasteiger partial charge in [-0.15, -0.1) is 5.10 Å². The zero-order valence-electron chi connectivity index (χ0n) is 7.64. The minimum atomic E-state index is -0.566. The molecule has 0 aliphatic heterocycles. The van der Waals surface area contributed by atoms with E-state index in [1.54, 1.807) is 6.92 Å². The second-order valence-electron chi connectivity index (χ2n) is 2.49. The highest BCUT2D eigenvalue weighted by atomic mass is 16.5. The van der Waals surface area contributed by atoms with E-state index in [0.717, 1.165) is 0 Å². The molecule has 0 aromatic carbocycles. The van der Waals surface area contributed by atoms with Crippen LogP contribution in [0.1, 0.15) is 17.4 Å². The van der Waals surface area contributed by atoms with Crippen molar-refractivity contribution < 1.29 is 14.3 Å². The lowest BCUT2D eigenvalue weighted by atomic mass is 10.5. The van der Waals surface area contributed by atoms with E-state index >= 15 is 0 Å². The summed E-state index contributed by atoms with van der Waals surface area (Å²) in [5, 5.41) is 7.04. The maximum absolute atomic E-state index is 11.1. The first-order valence-corrected chi connectivity index (χ1v) is 3.99. The summed E-state index contributed by atoms with van der Waals surface area (Å²) >= 11 is 0. The van der Waals surface area contributed by atoms with Crippen molar-refractivity contribution >= 4 is 11.9 Å². The molecule has 0 radical (unpaired) electrons. The van der Waals surface area contributed by atoms with E-state index in [0.29, 0.717) is 0 Å². The van der Waals surface area contributed by atoms with Crippen molar-refractivity contribution in [1.82, 2.24) is 15.0 Å². The number of ether oxygens (including phenoxy) is 1. The number of amides is 1. The quantitative estimate of drug-likeness (QED) is 0.621. The summed E-state index contributed by atoms with van der Waals surface area (Å²) in [6, 6.07) is 0. The Morgan fingerprint density at radius 3 is 2.93 bits per heavy atom. The molecular formula is C7H10N4O3. The number of nitrogens with two attached hydrogens (primary N) is 1. The zero-order valence-corrected chi connectivity index (χ0v) is 7.64. The van der Waals surface area contributed by atoms with Crippen molar-refractivity contribution in [3.8, 4) is 0 Å². The lowest BCUT2D eigenvalue weighted by Gasteiger charge is -1.95. The van der Waals surface area contributed by atoms with Crippen LogP contribution in [0.3, 0.4) is 0 Å². The fourth-order valence-electron chi connectivity index (χ4n) is 0.834. The van der Waals surface area contributed by atoms with E-state index in [1.807, 2.05) is 0 Å². The molecule has 1 aromatic rings. The molecule has 1 aromatic heterocycles. The third-order valence-electron chi connectivity index (χ3n) is 1.34. The Labute approximate surface area is 79.8 Å². The van der Waals surface area contributed by atoms with Crippen molar-refractivity contribution in [2.24, 2.45) is 5.73 Å². The molecule has 0 fully saturated rings. The fourth-order valence-corrected chi connectivity index (χ4v) is 0.834. The average molecular weight is 198 g/mol. The summed E-state index contributed by atoms with van der Waals surface area (Å²) < 4.78 is 5.85. The molecule has 0 aliphatic carbocycles. The molecule has 2 N–H and O–H groups in total. The summed E-state index contributed by atoms with van der Waals surface area (Å²) in [5.41, 5.74) is 4.99. The van der Waals surface area contributed by atoms with Crippen LogP contribution in [0.4, 0.5) is 0 Å². The van der Waals surface area contributed by atoms with Gasteiger partial charge in [-0.2, -0.15) is 0 Å². The van der Waals surface area contributed by atoms with Crippen molar-refractivity contribution in [2.75, 3.05) is 6.61 Å². The highest BCUT2D eigenvalue weighted by Crippen LogP contribution is 1.95. The molecule has 7 nitrogen and oxygen atoms in total. The van der Waals surface area contributed by atoms with E-state index in [4.69, 9.17) is 5.73 Å². The third kappa shape index (κ3) is 2.54. The number of aromatic nitrogens is 3. The smallest absolute Gasteiger partial charge is 0.360 e. The standard InChI is InChI=1S/C7H10N4O3/c1-2-14-7(13)5-3-11(10-9-5)4-6(8)12/h3H,2,4H2,1H3,(H2,8,12).